The third-order valence-corrected chi connectivity index (χ3v) is 3.69. The summed E-state index contributed by atoms with van der Waals surface area (Å²) in [6.45, 7) is 3.34. The van der Waals surface area contributed by atoms with Crippen LogP contribution >= 0.6 is 0 Å². The van der Waals surface area contributed by atoms with E-state index in [1.807, 2.05) is 17.9 Å². The third-order valence-electron chi connectivity index (χ3n) is 3.69. The van der Waals surface area contributed by atoms with E-state index in [1.54, 1.807) is 0 Å². The molecule has 1 aliphatic carbocycles. The van der Waals surface area contributed by atoms with Gasteiger partial charge in [-0.3, -0.25) is 4.68 Å². The van der Waals surface area contributed by atoms with Gasteiger partial charge in [-0.15, -0.1) is 0 Å². The number of aromatic nitrogens is 2. The van der Waals surface area contributed by atoms with Crippen molar-refractivity contribution in [3.05, 3.63) is 18.0 Å². The largest absolute Gasteiger partial charge is 0.310 e. The standard InChI is InChI=1S/C13H23N3/c1-11-6-4-3-5-7-13(11)14-8-12-9-15-16(2)10-12/h9-11,13-14H,3-8H2,1-2H3. The van der Waals surface area contributed by atoms with Gasteiger partial charge in [0.15, 0.2) is 0 Å². The van der Waals surface area contributed by atoms with Crippen molar-refractivity contribution in [3.63, 3.8) is 0 Å². The quantitative estimate of drug-likeness (QED) is 0.795. The van der Waals surface area contributed by atoms with Crippen LogP contribution in [0.4, 0.5) is 0 Å². The van der Waals surface area contributed by atoms with Gasteiger partial charge in [-0.05, 0) is 18.8 Å². The summed E-state index contributed by atoms with van der Waals surface area (Å²) >= 11 is 0. The Morgan fingerprint density at radius 3 is 2.94 bits per heavy atom. The Balaban J connectivity index is 1.83. The minimum Gasteiger partial charge on any atom is -0.310 e. The SMILES string of the molecule is CC1CCCCCC1NCc1cnn(C)c1. The molecule has 1 aromatic heterocycles. The van der Waals surface area contributed by atoms with Gasteiger partial charge in [0.2, 0.25) is 0 Å². The fourth-order valence-electron chi connectivity index (χ4n) is 2.61. The molecule has 16 heavy (non-hydrogen) atoms. The van der Waals surface area contributed by atoms with Crippen LogP contribution < -0.4 is 5.32 Å². The number of hydrogen-bond acceptors (Lipinski definition) is 2. The first-order valence-electron chi connectivity index (χ1n) is 6.46. The van der Waals surface area contributed by atoms with Gasteiger partial charge < -0.3 is 5.32 Å². The lowest BCUT2D eigenvalue weighted by Crippen LogP contribution is -2.33. The maximum Gasteiger partial charge on any atom is 0.0534 e. The van der Waals surface area contributed by atoms with Crippen LogP contribution in [0.5, 0.6) is 0 Å². The molecular formula is C13H23N3. The van der Waals surface area contributed by atoms with Gasteiger partial charge in [-0.2, -0.15) is 5.10 Å². The van der Waals surface area contributed by atoms with Crippen molar-refractivity contribution in [1.82, 2.24) is 15.1 Å². The molecule has 0 radical (unpaired) electrons. The number of nitrogens with one attached hydrogen (secondary N) is 1. The average Bonchev–Trinajstić information content (AvgIpc) is 2.56. The van der Waals surface area contributed by atoms with E-state index in [2.05, 4.69) is 23.5 Å². The molecule has 2 atom stereocenters. The molecule has 0 bridgehead atoms. The van der Waals surface area contributed by atoms with E-state index >= 15 is 0 Å². The lowest BCUT2D eigenvalue weighted by Gasteiger charge is -2.22. The molecule has 1 fully saturated rings. The van der Waals surface area contributed by atoms with E-state index in [4.69, 9.17) is 0 Å². The fraction of sp³-hybridized carbons (Fsp3) is 0.769. The predicted octanol–water partition coefficient (Wildman–Crippen LogP) is 2.48. The van der Waals surface area contributed by atoms with Crippen LogP contribution in [0.25, 0.3) is 0 Å². The molecule has 1 aliphatic rings. The lowest BCUT2D eigenvalue weighted by atomic mass is 9.97. The van der Waals surface area contributed by atoms with Crippen LogP contribution in [-0.4, -0.2) is 15.8 Å². The summed E-state index contributed by atoms with van der Waals surface area (Å²) in [6, 6.07) is 0.697. The van der Waals surface area contributed by atoms with Crippen molar-refractivity contribution in [1.29, 1.82) is 0 Å². The van der Waals surface area contributed by atoms with Crippen LogP contribution in [0.3, 0.4) is 0 Å². The molecule has 3 nitrogen and oxygen atoms in total. The Kier molecular flexibility index (Phi) is 3.99. The van der Waals surface area contributed by atoms with Crippen molar-refractivity contribution in [2.24, 2.45) is 13.0 Å². The molecule has 2 unspecified atom stereocenters. The summed E-state index contributed by atoms with van der Waals surface area (Å²) in [5, 5.41) is 7.88. The summed E-state index contributed by atoms with van der Waals surface area (Å²) < 4.78 is 1.87. The molecule has 1 saturated carbocycles. The minimum atomic E-state index is 0.697. The van der Waals surface area contributed by atoms with Gasteiger partial charge >= 0.3 is 0 Å². The smallest absolute Gasteiger partial charge is 0.0534 e. The fourth-order valence-corrected chi connectivity index (χ4v) is 2.61. The first-order chi connectivity index (χ1) is 7.75. The second-order valence-corrected chi connectivity index (χ2v) is 5.12. The molecule has 0 saturated heterocycles. The van der Waals surface area contributed by atoms with E-state index < -0.39 is 0 Å². The molecule has 90 valence electrons. The van der Waals surface area contributed by atoms with E-state index in [-0.39, 0.29) is 0 Å². The Morgan fingerprint density at radius 2 is 2.19 bits per heavy atom. The number of rotatable bonds is 3. The molecular weight excluding hydrogens is 198 g/mol. The monoisotopic (exact) mass is 221 g/mol. The van der Waals surface area contributed by atoms with Gasteiger partial charge in [0.25, 0.3) is 0 Å². The molecule has 0 amide bonds. The highest BCUT2D eigenvalue weighted by Gasteiger charge is 2.19. The Hall–Kier alpha value is -0.830. The first-order valence-corrected chi connectivity index (χ1v) is 6.46. The van der Waals surface area contributed by atoms with Crippen molar-refractivity contribution >= 4 is 0 Å². The summed E-state index contributed by atoms with van der Waals surface area (Å²) in [4.78, 5) is 0. The maximum absolute atomic E-state index is 4.19. The summed E-state index contributed by atoms with van der Waals surface area (Å²) in [6.07, 6.45) is 11.0. The van der Waals surface area contributed by atoms with Gasteiger partial charge in [-0.25, -0.2) is 0 Å². The van der Waals surface area contributed by atoms with Gasteiger partial charge in [0.05, 0.1) is 6.20 Å². The van der Waals surface area contributed by atoms with Crippen molar-refractivity contribution in [3.8, 4) is 0 Å². The molecule has 2 rings (SSSR count). The topological polar surface area (TPSA) is 29.9 Å². The number of nitrogens with zero attached hydrogens (tertiary/aromatic N) is 2. The zero-order chi connectivity index (χ0) is 11.4. The van der Waals surface area contributed by atoms with E-state index in [1.165, 1.54) is 37.7 Å². The van der Waals surface area contributed by atoms with Gasteiger partial charge in [-0.1, -0.05) is 26.2 Å². The summed E-state index contributed by atoms with van der Waals surface area (Å²) in [5.74, 6) is 0.819. The first kappa shape index (κ1) is 11.6. The van der Waals surface area contributed by atoms with Crippen molar-refractivity contribution < 1.29 is 0 Å². The lowest BCUT2D eigenvalue weighted by molar-refractivity contribution is 0.356. The Morgan fingerprint density at radius 1 is 1.38 bits per heavy atom. The summed E-state index contributed by atoms with van der Waals surface area (Å²) in [5.41, 5.74) is 1.29. The summed E-state index contributed by atoms with van der Waals surface area (Å²) in [7, 11) is 1.97. The second kappa shape index (κ2) is 5.48. The number of aryl methyl sites for hydroxylation is 1. The number of hydrogen-bond donors (Lipinski definition) is 1. The molecule has 1 heterocycles. The molecule has 1 aromatic rings. The van der Waals surface area contributed by atoms with Gasteiger partial charge in [0, 0.05) is 31.4 Å². The van der Waals surface area contributed by atoms with E-state index in [9.17, 15) is 0 Å². The zero-order valence-corrected chi connectivity index (χ0v) is 10.4. The maximum atomic E-state index is 4.19. The second-order valence-electron chi connectivity index (χ2n) is 5.12. The van der Waals surface area contributed by atoms with E-state index in [0.29, 0.717) is 6.04 Å². The predicted molar refractivity (Wildman–Crippen MR) is 66.1 cm³/mol. The Bertz CT molecular complexity index is 319. The van der Waals surface area contributed by atoms with Crippen LogP contribution in [0.15, 0.2) is 12.4 Å². The van der Waals surface area contributed by atoms with Crippen molar-refractivity contribution in [2.75, 3.05) is 0 Å². The van der Waals surface area contributed by atoms with Crippen LogP contribution in [-0.2, 0) is 13.6 Å². The molecule has 0 aliphatic heterocycles. The average molecular weight is 221 g/mol. The highest BCUT2D eigenvalue weighted by molar-refractivity contribution is 5.03. The Labute approximate surface area is 98.2 Å². The van der Waals surface area contributed by atoms with Crippen LogP contribution in [0, 0.1) is 5.92 Å². The third kappa shape index (κ3) is 3.08. The van der Waals surface area contributed by atoms with Crippen molar-refractivity contribution in [2.45, 2.75) is 51.6 Å². The van der Waals surface area contributed by atoms with Gasteiger partial charge in [0.1, 0.15) is 0 Å². The molecule has 0 aromatic carbocycles. The molecule has 3 heteroatoms. The molecule has 0 spiro atoms. The minimum absolute atomic E-state index is 0.697. The highest BCUT2D eigenvalue weighted by Crippen LogP contribution is 2.23. The van der Waals surface area contributed by atoms with E-state index in [0.717, 1.165) is 12.5 Å². The van der Waals surface area contributed by atoms with Crippen LogP contribution in [0.1, 0.15) is 44.6 Å². The zero-order valence-electron chi connectivity index (χ0n) is 10.4. The highest BCUT2D eigenvalue weighted by atomic mass is 15.2. The molecule has 1 N–H and O–H groups in total. The van der Waals surface area contributed by atoms with Crippen LogP contribution in [0.2, 0.25) is 0 Å². The normalized spacial score (nSPS) is 26.6.